The summed E-state index contributed by atoms with van der Waals surface area (Å²) in [5.74, 6) is 0.699. The van der Waals surface area contributed by atoms with Crippen molar-refractivity contribution in [2.24, 2.45) is 11.7 Å². The van der Waals surface area contributed by atoms with Crippen molar-refractivity contribution in [2.75, 3.05) is 19.7 Å². The van der Waals surface area contributed by atoms with E-state index in [4.69, 9.17) is 10.8 Å². The highest BCUT2D eigenvalue weighted by atomic mass is 16.3. The minimum atomic E-state index is -0.416. The number of aliphatic hydroxyl groups excluding tert-OH is 1. The van der Waals surface area contributed by atoms with Gasteiger partial charge in [0.25, 0.3) is 0 Å². The van der Waals surface area contributed by atoms with Crippen molar-refractivity contribution in [2.45, 2.75) is 59.0 Å². The van der Waals surface area contributed by atoms with Crippen LogP contribution in [0.3, 0.4) is 0 Å². The molecule has 0 amide bonds. The highest BCUT2D eigenvalue weighted by Gasteiger charge is 2.18. The zero-order chi connectivity index (χ0) is 12.8. The summed E-state index contributed by atoms with van der Waals surface area (Å²) < 4.78 is 0. The van der Waals surface area contributed by atoms with Gasteiger partial charge in [0.15, 0.2) is 0 Å². The van der Waals surface area contributed by atoms with Gasteiger partial charge in [0.05, 0.1) is 6.61 Å². The van der Waals surface area contributed by atoms with Gasteiger partial charge in [0.1, 0.15) is 0 Å². The van der Waals surface area contributed by atoms with Gasteiger partial charge >= 0.3 is 0 Å². The Bertz CT molecular complexity index is 179. The second-order valence-corrected chi connectivity index (χ2v) is 5.90. The Morgan fingerprint density at radius 3 is 2.19 bits per heavy atom. The monoisotopic (exact) mass is 230 g/mol. The van der Waals surface area contributed by atoms with Gasteiger partial charge in [-0.2, -0.15) is 0 Å². The van der Waals surface area contributed by atoms with Crippen molar-refractivity contribution in [3.63, 3.8) is 0 Å². The minimum Gasteiger partial charge on any atom is -0.394 e. The summed E-state index contributed by atoms with van der Waals surface area (Å²) in [5, 5.41) is 9.08. The normalized spacial score (nSPS) is 16.1. The van der Waals surface area contributed by atoms with E-state index in [1.807, 2.05) is 6.92 Å². The van der Waals surface area contributed by atoms with E-state index in [2.05, 4.69) is 32.6 Å². The maximum Gasteiger partial charge on any atom is 0.0608 e. The fourth-order valence-electron chi connectivity index (χ4n) is 1.79. The molecule has 0 aliphatic carbocycles. The quantitative estimate of drug-likeness (QED) is 0.669. The van der Waals surface area contributed by atoms with Gasteiger partial charge in [-0.05, 0) is 46.1 Å². The van der Waals surface area contributed by atoms with Crippen LogP contribution in [0, 0.1) is 5.92 Å². The van der Waals surface area contributed by atoms with Crippen LogP contribution in [0.15, 0.2) is 0 Å². The molecule has 0 aliphatic rings. The maximum atomic E-state index is 9.08. The molecular weight excluding hydrogens is 200 g/mol. The third-order valence-electron chi connectivity index (χ3n) is 2.88. The summed E-state index contributed by atoms with van der Waals surface area (Å²) in [6.07, 6.45) is 1.93. The Balaban J connectivity index is 3.94. The first-order valence-electron chi connectivity index (χ1n) is 6.42. The molecule has 1 atom stereocenters. The number of hydrogen-bond acceptors (Lipinski definition) is 3. The van der Waals surface area contributed by atoms with Gasteiger partial charge in [-0.25, -0.2) is 0 Å². The molecule has 16 heavy (non-hydrogen) atoms. The Hall–Kier alpha value is -0.120. The zero-order valence-corrected chi connectivity index (χ0v) is 11.7. The van der Waals surface area contributed by atoms with Crippen molar-refractivity contribution in [3.8, 4) is 0 Å². The minimum absolute atomic E-state index is 0.0683. The lowest BCUT2D eigenvalue weighted by molar-refractivity contribution is 0.168. The largest absolute Gasteiger partial charge is 0.394 e. The van der Waals surface area contributed by atoms with Gasteiger partial charge < -0.3 is 15.7 Å². The first kappa shape index (κ1) is 15.9. The van der Waals surface area contributed by atoms with Crippen molar-refractivity contribution in [1.82, 2.24) is 4.90 Å². The van der Waals surface area contributed by atoms with E-state index in [1.54, 1.807) is 0 Å². The van der Waals surface area contributed by atoms with Crippen LogP contribution in [0.1, 0.15) is 47.5 Å². The Morgan fingerprint density at radius 2 is 1.81 bits per heavy atom. The van der Waals surface area contributed by atoms with Gasteiger partial charge in [-0.15, -0.1) is 0 Å². The first-order valence-corrected chi connectivity index (χ1v) is 6.42. The standard InChI is InChI=1S/C13H30N2O/c1-11(2)9-15(12(3)4)8-6-7-13(5,14)10-16/h11-12,16H,6-10,14H2,1-5H3. The number of aliphatic hydroxyl groups is 1. The second kappa shape index (κ2) is 7.25. The third-order valence-corrected chi connectivity index (χ3v) is 2.88. The summed E-state index contributed by atoms with van der Waals surface area (Å²) in [6, 6.07) is 0.584. The van der Waals surface area contributed by atoms with E-state index in [0.29, 0.717) is 12.0 Å². The smallest absolute Gasteiger partial charge is 0.0608 e. The molecular formula is C13H30N2O. The lowest BCUT2D eigenvalue weighted by Gasteiger charge is -2.30. The Labute approximate surface area is 101 Å². The second-order valence-electron chi connectivity index (χ2n) is 5.90. The van der Waals surface area contributed by atoms with Gasteiger partial charge in [0.2, 0.25) is 0 Å². The maximum absolute atomic E-state index is 9.08. The summed E-state index contributed by atoms with van der Waals surface area (Å²) in [5.41, 5.74) is 5.49. The molecule has 3 nitrogen and oxygen atoms in total. The third kappa shape index (κ3) is 7.20. The number of rotatable bonds is 8. The molecule has 0 aromatic rings. The predicted octanol–water partition coefficient (Wildman–Crippen LogP) is 1.84. The molecule has 1 unspecified atom stereocenters. The van der Waals surface area contributed by atoms with Gasteiger partial charge in [-0.3, -0.25) is 0 Å². The summed E-state index contributed by atoms with van der Waals surface area (Å²) in [7, 11) is 0. The first-order chi connectivity index (χ1) is 7.28. The van der Waals surface area contributed by atoms with E-state index in [1.165, 1.54) is 0 Å². The summed E-state index contributed by atoms with van der Waals surface area (Å²) >= 11 is 0. The predicted molar refractivity (Wildman–Crippen MR) is 70.5 cm³/mol. The molecule has 0 aromatic heterocycles. The molecule has 0 heterocycles. The van der Waals surface area contributed by atoms with Crippen LogP contribution in [-0.2, 0) is 0 Å². The van der Waals surface area contributed by atoms with E-state index < -0.39 is 5.54 Å². The van der Waals surface area contributed by atoms with Crippen LogP contribution >= 0.6 is 0 Å². The molecule has 0 spiro atoms. The highest BCUT2D eigenvalue weighted by Crippen LogP contribution is 2.11. The molecule has 0 fully saturated rings. The number of nitrogens with two attached hydrogens (primary N) is 1. The van der Waals surface area contributed by atoms with E-state index in [-0.39, 0.29) is 6.61 Å². The Kier molecular flexibility index (Phi) is 7.20. The Morgan fingerprint density at radius 1 is 1.25 bits per heavy atom. The van der Waals surface area contributed by atoms with E-state index in [9.17, 15) is 0 Å². The average Bonchev–Trinajstić information content (AvgIpc) is 2.15. The molecule has 0 saturated heterocycles. The average molecular weight is 230 g/mol. The molecule has 98 valence electrons. The molecule has 0 bridgehead atoms. The van der Waals surface area contributed by atoms with Gasteiger partial charge in [0, 0.05) is 18.1 Å². The zero-order valence-electron chi connectivity index (χ0n) is 11.7. The van der Waals surface area contributed by atoms with Crippen LogP contribution in [0.2, 0.25) is 0 Å². The van der Waals surface area contributed by atoms with Crippen molar-refractivity contribution >= 4 is 0 Å². The van der Waals surface area contributed by atoms with Crippen molar-refractivity contribution in [3.05, 3.63) is 0 Å². The van der Waals surface area contributed by atoms with Crippen molar-refractivity contribution < 1.29 is 5.11 Å². The fourth-order valence-corrected chi connectivity index (χ4v) is 1.79. The number of nitrogens with zero attached hydrogens (tertiary/aromatic N) is 1. The van der Waals surface area contributed by atoms with Crippen molar-refractivity contribution in [1.29, 1.82) is 0 Å². The van der Waals surface area contributed by atoms with Crippen LogP contribution in [0.25, 0.3) is 0 Å². The molecule has 3 N–H and O–H groups in total. The summed E-state index contributed by atoms with van der Waals surface area (Å²) in [4.78, 5) is 2.48. The van der Waals surface area contributed by atoms with Crippen LogP contribution in [0.4, 0.5) is 0 Å². The van der Waals surface area contributed by atoms with E-state index >= 15 is 0 Å². The van der Waals surface area contributed by atoms with E-state index in [0.717, 1.165) is 25.9 Å². The lowest BCUT2D eigenvalue weighted by atomic mass is 9.98. The fraction of sp³-hybridized carbons (Fsp3) is 1.00. The molecule has 0 aliphatic heterocycles. The highest BCUT2D eigenvalue weighted by molar-refractivity contribution is 4.78. The molecule has 0 radical (unpaired) electrons. The van der Waals surface area contributed by atoms with Crippen LogP contribution < -0.4 is 5.73 Å². The summed E-state index contributed by atoms with van der Waals surface area (Å²) in [6.45, 7) is 13.1. The molecule has 3 heteroatoms. The molecule has 0 aromatic carbocycles. The lowest BCUT2D eigenvalue weighted by Crippen LogP contribution is -2.42. The van der Waals surface area contributed by atoms with Crippen LogP contribution in [0.5, 0.6) is 0 Å². The SMILES string of the molecule is CC(C)CN(CCCC(C)(N)CO)C(C)C. The molecule has 0 saturated carbocycles. The topological polar surface area (TPSA) is 49.5 Å². The van der Waals surface area contributed by atoms with Crippen LogP contribution in [-0.4, -0.2) is 41.3 Å². The number of hydrogen-bond donors (Lipinski definition) is 2. The van der Waals surface area contributed by atoms with Gasteiger partial charge in [-0.1, -0.05) is 13.8 Å². The molecule has 0 rings (SSSR count).